The molecular weight excluding hydrogens is 218 g/mol. The lowest BCUT2D eigenvalue weighted by atomic mass is 10.1. The third-order valence-corrected chi connectivity index (χ3v) is 2.48. The summed E-state index contributed by atoms with van der Waals surface area (Å²) in [7, 11) is 0. The molecule has 1 aromatic rings. The molecule has 1 unspecified atom stereocenters. The predicted molar refractivity (Wildman–Crippen MR) is 58.9 cm³/mol. The molecule has 0 N–H and O–H groups in total. The largest absolute Gasteiger partial charge is 0.368 e. The standard InChI is InChI=1S/C12H9N3O2/c13-5-9-2-1-3-10(4-9)15-11(6-14)7-17-8-12(15)16/h1-4,11H,7-8H2. The van der Waals surface area contributed by atoms with Gasteiger partial charge >= 0.3 is 0 Å². The fourth-order valence-corrected chi connectivity index (χ4v) is 1.72. The molecule has 84 valence electrons. The van der Waals surface area contributed by atoms with Crippen molar-refractivity contribution in [2.75, 3.05) is 18.1 Å². The van der Waals surface area contributed by atoms with Crippen LogP contribution in [0, 0.1) is 22.7 Å². The van der Waals surface area contributed by atoms with E-state index in [1.165, 1.54) is 4.90 Å². The third kappa shape index (κ3) is 2.10. The second-order valence-electron chi connectivity index (χ2n) is 3.59. The highest BCUT2D eigenvalue weighted by Crippen LogP contribution is 2.21. The van der Waals surface area contributed by atoms with E-state index in [2.05, 4.69) is 0 Å². The summed E-state index contributed by atoms with van der Waals surface area (Å²) < 4.78 is 5.01. The van der Waals surface area contributed by atoms with E-state index in [1.807, 2.05) is 12.1 Å². The van der Waals surface area contributed by atoms with Gasteiger partial charge in [-0.05, 0) is 18.2 Å². The van der Waals surface area contributed by atoms with E-state index in [0.29, 0.717) is 11.3 Å². The van der Waals surface area contributed by atoms with Crippen molar-refractivity contribution >= 4 is 11.6 Å². The first kappa shape index (κ1) is 11.1. The summed E-state index contributed by atoms with van der Waals surface area (Å²) in [5.41, 5.74) is 1.02. The van der Waals surface area contributed by atoms with Crippen LogP contribution in [0.1, 0.15) is 5.56 Å². The Hall–Kier alpha value is -2.37. The van der Waals surface area contributed by atoms with E-state index in [-0.39, 0.29) is 19.1 Å². The highest BCUT2D eigenvalue weighted by Gasteiger charge is 2.29. The lowest BCUT2D eigenvalue weighted by molar-refractivity contribution is -0.126. The molecule has 0 bridgehead atoms. The summed E-state index contributed by atoms with van der Waals surface area (Å²) in [5.74, 6) is -0.266. The Bertz CT molecular complexity index is 527. The molecule has 0 aliphatic carbocycles. The second-order valence-corrected chi connectivity index (χ2v) is 3.59. The van der Waals surface area contributed by atoms with Gasteiger partial charge in [0, 0.05) is 5.69 Å². The number of hydrogen-bond acceptors (Lipinski definition) is 4. The van der Waals surface area contributed by atoms with Gasteiger partial charge in [-0.3, -0.25) is 9.69 Å². The predicted octanol–water partition coefficient (Wildman–Crippen LogP) is 0.814. The SMILES string of the molecule is N#Cc1cccc(N2C(=O)COCC2C#N)c1. The summed E-state index contributed by atoms with van der Waals surface area (Å²) in [6, 6.07) is 10.0. The van der Waals surface area contributed by atoms with Gasteiger partial charge in [0.05, 0.1) is 24.3 Å². The minimum absolute atomic E-state index is 0.0328. The van der Waals surface area contributed by atoms with Crippen LogP contribution in [-0.2, 0) is 9.53 Å². The molecule has 2 rings (SSSR count). The lowest BCUT2D eigenvalue weighted by Crippen LogP contribution is -2.49. The van der Waals surface area contributed by atoms with E-state index in [0.717, 1.165) is 0 Å². The molecule has 1 aromatic carbocycles. The normalized spacial score (nSPS) is 19.5. The molecular formula is C12H9N3O2. The average molecular weight is 227 g/mol. The average Bonchev–Trinajstić information content (AvgIpc) is 2.38. The molecule has 0 aromatic heterocycles. The Morgan fingerprint density at radius 3 is 2.94 bits per heavy atom. The van der Waals surface area contributed by atoms with Crippen molar-refractivity contribution in [1.82, 2.24) is 0 Å². The second kappa shape index (κ2) is 4.65. The molecule has 0 spiro atoms. The van der Waals surface area contributed by atoms with Crippen molar-refractivity contribution in [3.05, 3.63) is 29.8 Å². The summed E-state index contributed by atoms with van der Waals surface area (Å²) in [4.78, 5) is 13.1. The lowest BCUT2D eigenvalue weighted by Gasteiger charge is -2.31. The van der Waals surface area contributed by atoms with Crippen LogP contribution in [-0.4, -0.2) is 25.2 Å². The number of morpholine rings is 1. The van der Waals surface area contributed by atoms with Crippen molar-refractivity contribution in [2.45, 2.75) is 6.04 Å². The van der Waals surface area contributed by atoms with Crippen molar-refractivity contribution in [3.8, 4) is 12.1 Å². The molecule has 1 amide bonds. The number of nitrogens with zero attached hydrogens (tertiary/aromatic N) is 3. The first-order valence-corrected chi connectivity index (χ1v) is 5.06. The van der Waals surface area contributed by atoms with Crippen LogP contribution in [0.25, 0.3) is 0 Å². The van der Waals surface area contributed by atoms with Crippen molar-refractivity contribution in [1.29, 1.82) is 10.5 Å². The van der Waals surface area contributed by atoms with E-state index < -0.39 is 6.04 Å². The Kier molecular flexibility index (Phi) is 3.04. The quantitative estimate of drug-likeness (QED) is 0.711. The Morgan fingerprint density at radius 2 is 2.24 bits per heavy atom. The number of ether oxygens (including phenoxy) is 1. The molecule has 1 fully saturated rings. The molecule has 1 atom stereocenters. The van der Waals surface area contributed by atoms with Crippen LogP contribution < -0.4 is 4.90 Å². The van der Waals surface area contributed by atoms with E-state index in [9.17, 15) is 4.79 Å². The first-order chi connectivity index (χ1) is 8.26. The van der Waals surface area contributed by atoms with Crippen LogP contribution in [0.2, 0.25) is 0 Å². The maximum atomic E-state index is 11.7. The topological polar surface area (TPSA) is 77.1 Å². The first-order valence-electron chi connectivity index (χ1n) is 5.06. The van der Waals surface area contributed by atoms with Gasteiger partial charge < -0.3 is 4.74 Å². The number of anilines is 1. The smallest absolute Gasteiger partial charge is 0.254 e. The van der Waals surface area contributed by atoms with Gasteiger partial charge in [-0.25, -0.2) is 0 Å². The van der Waals surface area contributed by atoms with E-state index in [4.69, 9.17) is 15.3 Å². The number of hydrogen-bond donors (Lipinski definition) is 0. The fourth-order valence-electron chi connectivity index (χ4n) is 1.72. The minimum atomic E-state index is -0.634. The summed E-state index contributed by atoms with van der Waals surface area (Å²) in [6.07, 6.45) is 0. The van der Waals surface area contributed by atoms with E-state index in [1.54, 1.807) is 24.3 Å². The zero-order valence-corrected chi connectivity index (χ0v) is 8.96. The number of carbonyl (C=O) groups is 1. The molecule has 17 heavy (non-hydrogen) atoms. The number of carbonyl (C=O) groups excluding carboxylic acids is 1. The third-order valence-electron chi connectivity index (χ3n) is 2.48. The number of nitriles is 2. The minimum Gasteiger partial charge on any atom is -0.368 e. The van der Waals surface area contributed by atoms with Crippen LogP contribution in [0.3, 0.4) is 0 Å². The van der Waals surface area contributed by atoms with Gasteiger partial charge in [0.15, 0.2) is 0 Å². The Morgan fingerprint density at radius 1 is 1.41 bits per heavy atom. The zero-order chi connectivity index (χ0) is 12.3. The molecule has 1 aliphatic heterocycles. The van der Waals surface area contributed by atoms with Gasteiger partial charge in [0.25, 0.3) is 5.91 Å². The van der Waals surface area contributed by atoms with Gasteiger partial charge in [-0.15, -0.1) is 0 Å². The molecule has 5 nitrogen and oxygen atoms in total. The Labute approximate surface area is 98.4 Å². The molecule has 1 saturated heterocycles. The molecule has 1 heterocycles. The van der Waals surface area contributed by atoms with Crippen LogP contribution in [0.4, 0.5) is 5.69 Å². The van der Waals surface area contributed by atoms with Crippen molar-refractivity contribution in [3.63, 3.8) is 0 Å². The fraction of sp³-hybridized carbons (Fsp3) is 0.250. The number of amides is 1. The molecule has 0 radical (unpaired) electrons. The summed E-state index contributed by atoms with van der Waals surface area (Å²) in [5, 5.41) is 17.8. The van der Waals surface area contributed by atoms with Gasteiger partial charge in [0.2, 0.25) is 0 Å². The van der Waals surface area contributed by atoms with Crippen LogP contribution >= 0.6 is 0 Å². The highest BCUT2D eigenvalue weighted by atomic mass is 16.5. The summed E-state index contributed by atoms with van der Waals surface area (Å²) in [6.45, 7) is 0.161. The maximum Gasteiger partial charge on any atom is 0.254 e. The molecule has 0 saturated carbocycles. The monoisotopic (exact) mass is 227 g/mol. The van der Waals surface area contributed by atoms with E-state index >= 15 is 0 Å². The molecule has 5 heteroatoms. The van der Waals surface area contributed by atoms with Crippen molar-refractivity contribution in [2.24, 2.45) is 0 Å². The maximum absolute atomic E-state index is 11.7. The van der Waals surface area contributed by atoms with Gasteiger partial charge in [0.1, 0.15) is 12.6 Å². The Balaban J connectivity index is 2.39. The highest BCUT2D eigenvalue weighted by molar-refractivity contribution is 5.96. The zero-order valence-electron chi connectivity index (χ0n) is 8.96. The van der Waals surface area contributed by atoms with Gasteiger partial charge in [-0.1, -0.05) is 6.07 Å². The number of benzene rings is 1. The van der Waals surface area contributed by atoms with Gasteiger partial charge in [-0.2, -0.15) is 10.5 Å². The summed E-state index contributed by atoms with van der Waals surface area (Å²) >= 11 is 0. The molecule has 1 aliphatic rings. The van der Waals surface area contributed by atoms with Crippen LogP contribution in [0.15, 0.2) is 24.3 Å². The van der Waals surface area contributed by atoms with Crippen molar-refractivity contribution < 1.29 is 9.53 Å². The van der Waals surface area contributed by atoms with Crippen LogP contribution in [0.5, 0.6) is 0 Å². The number of rotatable bonds is 1.